The van der Waals surface area contributed by atoms with E-state index in [1.807, 2.05) is 0 Å². The highest BCUT2D eigenvalue weighted by Gasteiger charge is 2.30. The van der Waals surface area contributed by atoms with Crippen LogP contribution in [0.25, 0.3) is 0 Å². The zero-order valence-electron chi connectivity index (χ0n) is 5.55. The van der Waals surface area contributed by atoms with Gasteiger partial charge in [0.15, 0.2) is 0 Å². The lowest BCUT2D eigenvalue weighted by Crippen LogP contribution is -2.34. The summed E-state index contributed by atoms with van der Waals surface area (Å²) >= 11 is 0. The second-order valence-electron chi connectivity index (χ2n) is 2.98. The summed E-state index contributed by atoms with van der Waals surface area (Å²) < 4.78 is 5.11. The number of hydrogen-bond acceptors (Lipinski definition) is 1. The van der Waals surface area contributed by atoms with Gasteiger partial charge < -0.3 is 4.74 Å². The molecule has 2 aliphatic rings. The van der Waals surface area contributed by atoms with Crippen LogP contribution in [0.4, 0.5) is 0 Å². The van der Waals surface area contributed by atoms with Gasteiger partial charge in [0.05, 0.1) is 13.2 Å². The zero-order valence-corrected chi connectivity index (χ0v) is 5.55. The summed E-state index contributed by atoms with van der Waals surface area (Å²) in [5.74, 6) is 1.73. The number of nitrogens with zero attached hydrogens (tertiary/aromatic N) is 1. The fraction of sp³-hybridized carbons (Fsp3) is 1.00. The molecule has 0 amide bonds. The molecule has 1 atom stereocenters. The van der Waals surface area contributed by atoms with E-state index in [0.717, 1.165) is 38.1 Å². The zero-order chi connectivity index (χ0) is 6.10. The fourth-order valence-electron chi connectivity index (χ4n) is 1.52. The molecule has 0 aromatic heterocycles. The molecule has 0 spiro atoms. The van der Waals surface area contributed by atoms with Gasteiger partial charge in [-0.05, 0) is 12.3 Å². The molecular formula is C7H12NO. The molecule has 0 aromatic carbocycles. The second-order valence-corrected chi connectivity index (χ2v) is 2.98. The molecular weight excluding hydrogens is 114 g/mol. The van der Waals surface area contributed by atoms with Gasteiger partial charge in [0, 0.05) is 19.0 Å². The van der Waals surface area contributed by atoms with Crippen molar-refractivity contribution in [3.8, 4) is 0 Å². The molecule has 0 aliphatic carbocycles. The minimum absolute atomic E-state index is 0.858. The Bertz CT molecular complexity index is 95.1. The quantitative estimate of drug-likeness (QED) is 0.494. The Kier molecular flexibility index (Phi) is 1.44. The van der Waals surface area contributed by atoms with E-state index in [9.17, 15) is 0 Å². The van der Waals surface area contributed by atoms with Gasteiger partial charge in [0.25, 0.3) is 0 Å². The van der Waals surface area contributed by atoms with Crippen LogP contribution in [0.2, 0.25) is 0 Å². The smallest absolute Gasteiger partial charge is 0.0519 e. The van der Waals surface area contributed by atoms with Crippen LogP contribution in [0.1, 0.15) is 6.42 Å². The molecule has 2 heterocycles. The van der Waals surface area contributed by atoms with E-state index < -0.39 is 0 Å². The van der Waals surface area contributed by atoms with Crippen molar-refractivity contribution in [1.82, 2.24) is 5.32 Å². The normalized spacial score (nSPS) is 36.7. The van der Waals surface area contributed by atoms with E-state index in [1.165, 1.54) is 6.42 Å². The van der Waals surface area contributed by atoms with Gasteiger partial charge in [-0.15, -0.1) is 0 Å². The third-order valence-corrected chi connectivity index (χ3v) is 2.35. The fourth-order valence-corrected chi connectivity index (χ4v) is 1.52. The molecule has 1 unspecified atom stereocenters. The summed E-state index contributed by atoms with van der Waals surface area (Å²) in [4.78, 5) is 0. The monoisotopic (exact) mass is 126 g/mol. The topological polar surface area (TPSA) is 23.3 Å². The van der Waals surface area contributed by atoms with Crippen LogP contribution >= 0.6 is 0 Å². The van der Waals surface area contributed by atoms with E-state index in [2.05, 4.69) is 5.32 Å². The Morgan fingerprint density at radius 3 is 2.56 bits per heavy atom. The Morgan fingerprint density at radius 1 is 1.22 bits per heavy atom. The molecule has 2 fully saturated rings. The third kappa shape index (κ3) is 0.970. The first-order chi connectivity index (χ1) is 4.47. The van der Waals surface area contributed by atoms with Gasteiger partial charge in [0.1, 0.15) is 0 Å². The molecule has 0 saturated carbocycles. The summed E-state index contributed by atoms with van der Waals surface area (Å²) in [5, 5.41) is 4.31. The van der Waals surface area contributed by atoms with Crippen LogP contribution in [0.3, 0.4) is 0 Å². The first-order valence-corrected chi connectivity index (χ1v) is 3.68. The van der Waals surface area contributed by atoms with E-state index in [0.29, 0.717) is 0 Å². The lowest BCUT2D eigenvalue weighted by atomic mass is 9.90. The van der Waals surface area contributed by atoms with Gasteiger partial charge in [-0.1, -0.05) is 0 Å². The van der Waals surface area contributed by atoms with Crippen molar-refractivity contribution in [2.45, 2.75) is 6.42 Å². The molecule has 2 heteroatoms. The van der Waals surface area contributed by atoms with Gasteiger partial charge in [-0.25, -0.2) is 5.32 Å². The van der Waals surface area contributed by atoms with Crippen molar-refractivity contribution in [2.75, 3.05) is 26.3 Å². The Hall–Kier alpha value is -0.0800. The molecule has 2 saturated heterocycles. The molecule has 51 valence electrons. The van der Waals surface area contributed by atoms with Crippen molar-refractivity contribution in [1.29, 1.82) is 0 Å². The lowest BCUT2D eigenvalue weighted by molar-refractivity contribution is -0.0566. The molecule has 1 radical (unpaired) electrons. The maximum atomic E-state index is 5.11. The first kappa shape index (κ1) is 5.69. The van der Waals surface area contributed by atoms with Crippen molar-refractivity contribution < 1.29 is 4.74 Å². The third-order valence-electron chi connectivity index (χ3n) is 2.35. The molecule has 0 aromatic rings. The minimum Gasteiger partial charge on any atom is -0.381 e. The van der Waals surface area contributed by atoms with Crippen LogP contribution in [0.15, 0.2) is 0 Å². The van der Waals surface area contributed by atoms with Crippen molar-refractivity contribution in [2.24, 2.45) is 11.8 Å². The Morgan fingerprint density at radius 2 is 2.11 bits per heavy atom. The predicted molar refractivity (Wildman–Crippen MR) is 34.3 cm³/mol. The highest BCUT2D eigenvalue weighted by atomic mass is 16.5. The van der Waals surface area contributed by atoms with Crippen molar-refractivity contribution in [3.05, 3.63) is 0 Å². The summed E-state index contributed by atoms with van der Waals surface area (Å²) in [5.41, 5.74) is 0. The first-order valence-electron chi connectivity index (χ1n) is 3.68. The van der Waals surface area contributed by atoms with Crippen LogP contribution in [0.5, 0.6) is 0 Å². The number of ether oxygens (including phenoxy) is 1. The van der Waals surface area contributed by atoms with Crippen LogP contribution in [-0.2, 0) is 4.74 Å². The van der Waals surface area contributed by atoms with E-state index in [1.54, 1.807) is 0 Å². The van der Waals surface area contributed by atoms with Gasteiger partial charge in [-0.3, -0.25) is 0 Å². The van der Waals surface area contributed by atoms with Crippen molar-refractivity contribution >= 4 is 0 Å². The standard InChI is InChI=1S/C7H12NO/c1-2-8-3-6(1)7-4-9-5-7/h6-7H,1-5H2. The maximum Gasteiger partial charge on any atom is 0.0519 e. The number of rotatable bonds is 1. The average molecular weight is 126 g/mol. The second kappa shape index (κ2) is 2.27. The molecule has 0 N–H and O–H groups in total. The lowest BCUT2D eigenvalue weighted by Gasteiger charge is -2.30. The summed E-state index contributed by atoms with van der Waals surface area (Å²) in [6.07, 6.45) is 1.31. The largest absolute Gasteiger partial charge is 0.381 e. The highest BCUT2D eigenvalue weighted by Crippen LogP contribution is 2.25. The Labute approximate surface area is 55.6 Å². The maximum absolute atomic E-state index is 5.11. The van der Waals surface area contributed by atoms with Crippen LogP contribution in [-0.4, -0.2) is 26.3 Å². The molecule has 2 nitrogen and oxygen atoms in total. The summed E-state index contributed by atoms with van der Waals surface area (Å²) in [7, 11) is 0. The molecule has 2 rings (SSSR count). The van der Waals surface area contributed by atoms with E-state index >= 15 is 0 Å². The molecule has 9 heavy (non-hydrogen) atoms. The van der Waals surface area contributed by atoms with Crippen LogP contribution < -0.4 is 5.32 Å². The predicted octanol–water partition coefficient (Wildman–Crippen LogP) is 0.257. The molecule has 2 aliphatic heterocycles. The van der Waals surface area contributed by atoms with Crippen molar-refractivity contribution in [3.63, 3.8) is 0 Å². The summed E-state index contributed by atoms with van der Waals surface area (Å²) in [6.45, 7) is 4.20. The SMILES string of the molecule is C1CC(C2COC2)C[N]1. The highest BCUT2D eigenvalue weighted by molar-refractivity contribution is 4.81. The number of hydrogen-bond donors (Lipinski definition) is 0. The van der Waals surface area contributed by atoms with E-state index in [-0.39, 0.29) is 0 Å². The summed E-state index contributed by atoms with van der Waals surface area (Å²) in [6, 6.07) is 0. The van der Waals surface area contributed by atoms with Crippen LogP contribution in [0, 0.1) is 11.8 Å². The van der Waals surface area contributed by atoms with Gasteiger partial charge >= 0.3 is 0 Å². The minimum atomic E-state index is 0.858. The van der Waals surface area contributed by atoms with Gasteiger partial charge in [0.2, 0.25) is 0 Å². The van der Waals surface area contributed by atoms with Gasteiger partial charge in [-0.2, -0.15) is 0 Å². The molecule has 0 bridgehead atoms. The Balaban J connectivity index is 1.82. The van der Waals surface area contributed by atoms with E-state index in [4.69, 9.17) is 4.74 Å². The average Bonchev–Trinajstić information content (AvgIpc) is 2.11.